The molecule has 0 radical (unpaired) electrons. The molecule has 0 bridgehead atoms. The van der Waals surface area contributed by atoms with Crippen molar-refractivity contribution >= 4 is 17.3 Å². The van der Waals surface area contributed by atoms with Crippen LogP contribution in [0.5, 0.6) is 0 Å². The van der Waals surface area contributed by atoms with Crippen LogP contribution in [0.3, 0.4) is 0 Å². The van der Waals surface area contributed by atoms with Crippen molar-refractivity contribution in [2.45, 2.75) is 6.92 Å². The Kier molecular flexibility index (Phi) is 3.87. The van der Waals surface area contributed by atoms with E-state index in [0.29, 0.717) is 18.8 Å². The fourth-order valence-corrected chi connectivity index (χ4v) is 2.43. The fraction of sp³-hybridized carbons (Fsp3) is 0.333. The molecule has 6 nitrogen and oxygen atoms in total. The zero-order valence-electron chi connectivity index (χ0n) is 11.9. The first-order valence-electron chi connectivity index (χ1n) is 6.99. The molecular weight excluding hydrogens is 268 g/mol. The minimum Gasteiger partial charge on any atom is -0.378 e. The van der Waals surface area contributed by atoms with Crippen LogP contribution in [0.4, 0.5) is 11.4 Å². The highest BCUT2D eigenvalue weighted by Gasteiger charge is 2.17. The van der Waals surface area contributed by atoms with Crippen LogP contribution in [-0.4, -0.2) is 42.4 Å². The summed E-state index contributed by atoms with van der Waals surface area (Å²) in [5.74, 6) is -0.151. The molecule has 1 aromatic carbocycles. The number of aromatic nitrogens is 2. The number of ether oxygens (including phenoxy) is 1. The lowest BCUT2D eigenvalue weighted by Gasteiger charge is -2.30. The van der Waals surface area contributed by atoms with E-state index in [9.17, 15) is 4.79 Å². The Morgan fingerprint density at radius 3 is 2.81 bits per heavy atom. The number of benzene rings is 1. The van der Waals surface area contributed by atoms with E-state index in [-0.39, 0.29) is 5.91 Å². The summed E-state index contributed by atoms with van der Waals surface area (Å²) in [4.78, 5) is 14.5. The second-order valence-electron chi connectivity index (χ2n) is 4.98. The normalized spacial score (nSPS) is 15.0. The summed E-state index contributed by atoms with van der Waals surface area (Å²) in [7, 11) is 0. The maximum Gasteiger partial charge on any atom is 0.259 e. The van der Waals surface area contributed by atoms with Crippen LogP contribution in [0.15, 0.2) is 30.5 Å². The van der Waals surface area contributed by atoms with Crippen LogP contribution in [0, 0.1) is 6.92 Å². The molecule has 110 valence electrons. The van der Waals surface area contributed by atoms with Crippen molar-refractivity contribution in [1.29, 1.82) is 0 Å². The monoisotopic (exact) mass is 286 g/mol. The Morgan fingerprint density at radius 2 is 2.10 bits per heavy atom. The van der Waals surface area contributed by atoms with E-state index >= 15 is 0 Å². The predicted octanol–water partition coefficient (Wildman–Crippen LogP) is 1.81. The summed E-state index contributed by atoms with van der Waals surface area (Å²) in [5, 5.41) is 9.63. The van der Waals surface area contributed by atoms with Crippen LogP contribution in [0.1, 0.15) is 16.1 Å². The van der Waals surface area contributed by atoms with Crippen molar-refractivity contribution in [1.82, 2.24) is 10.2 Å². The number of nitrogens with zero attached hydrogens (tertiary/aromatic N) is 2. The molecular formula is C15H18N4O2. The zero-order chi connectivity index (χ0) is 14.7. The topological polar surface area (TPSA) is 70.2 Å². The van der Waals surface area contributed by atoms with Gasteiger partial charge in [0, 0.05) is 18.8 Å². The first-order valence-corrected chi connectivity index (χ1v) is 6.99. The molecule has 0 atom stereocenters. The van der Waals surface area contributed by atoms with Crippen molar-refractivity contribution in [3.63, 3.8) is 0 Å². The lowest BCUT2D eigenvalue weighted by molar-refractivity contribution is 0.102. The third kappa shape index (κ3) is 2.90. The smallest absolute Gasteiger partial charge is 0.259 e. The molecule has 1 amide bonds. The molecule has 3 rings (SSSR count). The van der Waals surface area contributed by atoms with Gasteiger partial charge in [0.1, 0.15) is 0 Å². The van der Waals surface area contributed by atoms with Crippen molar-refractivity contribution in [2.24, 2.45) is 0 Å². The number of hydrogen-bond donors (Lipinski definition) is 2. The van der Waals surface area contributed by atoms with E-state index < -0.39 is 0 Å². The Hall–Kier alpha value is -2.34. The number of carbonyl (C=O) groups is 1. The zero-order valence-corrected chi connectivity index (χ0v) is 11.9. The summed E-state index contributed by atoms with van der Waals surface area (Å²) < 4.78 is 5.38. The quantitative estimate of drug-likeness (QED) is 0.902. The third-order valence-electron chi connectivity index (χ3n) is 3.58. The minimum absolute atomic E-state index is 0.151. The predicted molar refractivity (Wildman–Crippen MR) is 80.8 cm³/mol. The van der Waals surface area contributed by atoms with Gasteiger partial charge in [0.25, 0.3) is 5.91 Å². The van der Waals surface area contributed by atoms with E-state index in [2.05, 4.69) is 20.4 Å². The number of aryl methyl sites for hydroxylation is 1. The number of H-pyrrole nitrogens is 1. The summed E-state index contributed by atoms with van der Waals surface area (Å²) in [6, 6.07) is 7.83. The number of para-hydroxylation sites is 2. The van der Waals surface area contributed by atoms with E-state index in [1.807, 2.05) is 31.2 Å². The molecule has 0 aliphatic carbocycles. The van der Waals surface area contributed by atoms with Crippen molar-refractivity contribution in [3.8, 4) is 0 Å². The number of nitrogens with one attached hydrogen (secondary N) is 2. The van der Waals surface area contributed by atoms with Crippen molar-refractivity contribution in [2.75, 3.05) is 36.5 Å². The molecule has 2 N–H and O–H groups in total. The van der Waals surface area contributed by atoms with Crippen LogP contribution >= 0.6 is 0 Å². The molecule has 0 spiro atoms. The van der Waals surface area contributed by atoms with E-state index in [1.54, 1.807) is 6.20 Å². The van der Waals surface area contributed by atoms with E-state index in [0.717, 1.165) is 30.2 Å². The van der Waals surface area contributed by atoms with E-state index in [1.165, 1.54) is 0 Å². The Balaban J connectivity index is 1.82. The van der Waals surface area contributed by atoms with Gasteiger partial charge in [-0.3, -0.25) is 9.89 Å². The summed E-state index contributed by atoms with van der Waals surface area (Å²) >= 11 is 0. The van der Waals surface area contributed by atoms with Gasteiger partial charge in [0.15, 0.2) is 0 Å². The summed E-state index contributed by atoms with van der Waals surface area (Å²) in [6.45, 7) is 4.91. The standard InChI is InChI=1S/C15H18N4O2/c1-11-12(10-16-18-11)15(20)17-13-4-2-3-5-14(13)19-6-8-21-9-7-19/h2-5,10H,6-9H2,1H3,(H,16,18)(H,17,20). The maximum absolute atomic E-state index is 12.3. The number of aromatic amines is 1. The molecule has 21 heavy (non-hydrogen) atoms. The SMILES string of the molecule is Cc1[nH]ncc1C(=O)Nc1ccccc1N1CCOCC1. The highest BCUT2D eigenvalue weighted by Crippen LogP contribution is 2.26. The summed E-state index contributed by atoms with van der Waals surface area (Å²) in [5.41, 5.74) is 3.16. The van der Waals surface area contributed by atoms with Crippen LogP contribution in [0.25, 0.3) is 0 Å². The lowest BCUT2D eigenvalue weighted by Crippen LogP contribution is -2.36. The molecule has 0 unspecified atom stereocenters. The van der Waals surface area contributed by atoms with Gasteiger partial charge in [-0.2, -0.15) is 5.10 Å². The average Bonchev–Trinajstić information content (AvgIpc) is 2.95. The van der Waals surface area contributed by atoms with Gasteiger partial charge >= 0.3 is 0 Å². The molecule has 0 saturated carbocycles. The van der Waals surface area contributed by atoms with Gasteiger partial charge in [-0.1, -0.05) is 12.1 Å². The van der Waals surface area contributed by atoms with Crippen molar-refractivity contribution in [3.05, 3.63) is 41.7 Å². The van der Waals surface area contributed by atoms with Gasteiger partial charge in [-0.25, -0.2) is 0 Å². The Bertz CT molecular complexity index is 632. The number of hydrogen-bond acceptors (Lipinski definition) is 4. The maximum atomic E-state index is 12.3. The molecule has 1 aliphatic heterocycles. The van der Waals surface area contributed by atoms with Crippen LogP contribution in [0.2, 0.25) is 0 Å². The Labute approximate surface area is 123 Å². The fourth-order valence-electron chi connectivity index (χ4n) is 2.43. The molecule has 2 heterocycles. The number of carbonyl (C=O) groups excluding carboxylic acids is 1. The van der Waals surface area contributed by atoms with Gasteiger partial charge in [0.05, 0.1) is 36.3 Å². The largest absolute Gasteiger partial charge is 0.378 e. The lowest BCUT2D eigenvalue weighted by atomic mass is 10.2. The summed E-state index contributed by atoms with van der Waals surface area (Å²) in [6.07, 6.45) is 1.54. The van der Waals surface area contributed by atoms with Gasteiger partial charge in [-0.15, -0.1) is 0 Å². The molecule has 1 aliphatic rings. The molecule has 1 fully saturated rings. The van der Waals surface area contributed by atoms with Crippen molar-refractivity contribution < 1.29 is 9.53 Å². The molecule has 1 saturated heterocycles. The minimum atomic E-state index is -0.151. The van der Waals surface area contributed by atoms with Gasteiger partial charge in [-0.05, 0) is 19.1 Å². The van der Waals surface area contributed by atoms with Gasteiger partial charge in [0.2, 0.25) is 0 Å². The first kappa shape index (κ1) is 13.6. The average molecular weight is 286 g/mol. The molecule has 6 heteroatoms. The van der Waals surface area contributed by atoms with Crippen LogP contribution in [-0.2, 0) is 4.74 Å². The first-order chi connectivity index (χ1) is 10.3. The molecule has 2 aromatic rings. The number of amides is 1. The highest BCUT2D eigenvalue weighted by molar-refractivity contribution is 6.06. The Morgan fingerprint density at radius 1 is 1.33 bits per heavy atom. The second kappa shape index (κ2) is 5.97. The van der Waals surface area contributed by atoms with Gasteiger partial charge < -0.3 is 15.0 Å². The third-order valence-corrected chi connectivity index (χ3v) is 3.58. The number of rotatable bonds is 3. The second-order valence-corrected chi connectivity index (χ2v) is 4.98. The number of morpholine rings is 1. The van der Waals surface area contributed by atoms with Crippen LogP contribution < -0.4 is 10.2 Å². The highest BCUT2D eigenvalue weighted by atomic mass is 16.5. The number of anilines is 2. The molecule has 1 aromatic heterocycles. The van der Waals surface area contributed by atoms with E-state index in [4.69, 9.17) is 4.74 Å².